The number of nitrogens with zero attached hydrogens (tertiary/aromatic N) is 2. The van der Waals surface area contributed by atoms with Gasteiger partial charge in [-0.25, -0.2) is 0 Å². The number of ether oxygens (including phenoxy) is 1. The third-order valence-electron chi connectivity index (χ3n) is 2.81. The van der Waals surface area contributed by atoms with Gasteiger partial charge >= 0.3 is 0 Å². The first-order valence-electron chi connectivity index (χ1n) is 5.54. The van der Waals surface area contributed by atoms with Crippen LogP contribution in [0.15, 0.2) is 0 Å². The lowest BCUT2D eigenvalue weighted by Gasteiger charge is -2.39. The Kier molecular flexibility index (Phi) is 3.99. The van der Waals surface area contributed by atoms with E-state index in [0.717, 1.165) is 0 Å². The van der Waals surface area contributed by atoms with Gasteiger partial charge in [-0.05, 0) is 27.7 Å². The zero-order valence-corrected chi connectivity index (χ0v) is 11.5. The molecule has 1 aliphatic rings. The Hall–Kier alpha value is -0.170. The molecule has 5 nitrogen and oxygen atoms in total. The molecule has 0 N–H and O–H groups in total. The molecule has 0 unspecified atom stereocenters. The number of hydrogen-bond acceptors (Lipinski definition) is 3. The molecule has 0 aromatic carbocycles. The molecule has 1 heterocycles. The van der Waals surface area contributed by atoms with E-state index in [9.17, 15) is 8.42 Å². The first-order valence-corrected chi connectivity index (χ1v) is 6.93. The summed E-state index contributed by atoms with van der Waals surface area (Å²) < 4.78 is 32.8. The van der Waals surface area contributed by atoms with Crippen LogP contribution >= 0.6 is 0 Å². The highest BCUT2D eigenvalue weighted by molar-refractivity contribution is 7.86. The van der Waals surface area contributed by atoms with Crippen molar-refractivity contribution in [3.63, 3.8) is 0 Å². The molecule has 0 radical (unpaired) electrons. The van der Waals surface area contributed by atoms with E-state index in [0.29, 0.717) is 19.7 Å². The van der Waals surface area contributed by atoms with Gasteiger partial charge in [0.2, 0.25) is 0 Å². The maximum atomic E-state index is 12.2. The van der Waals surface area contributed by atoms with Gasteiger partial charge in [-0.3, -0.25) is 0 Å². The largest absolute Gasteiger partial charge is 0.373 e. The van der Waals surface area contributed by atoms with Crippen LogP contribution in [0.2, 0.25) is 0 Å². The van der Waals surface area contributed by atoms with Crippen molar-refractivity contribution in [2.45, 2.75) is 39.3 Å². The highest BCUT2D eigenvalue weighted by Crippen LogP contribution is 2.21. The third-order valence-corrected chi connectivity index (χ3v) is 4.92. The fourth-order valence-corrected chi connectivity index (χ4v) is 3.30. The molecule has 0 spiro atoms. The van der Waals surface area contributed by atoms with Crippen LogP contribution in [0.3, 0.4) is 0 Å². The Morgan fingerprint density at radius 2 is 1.94 bits per heavy atom. The van der Waals surface area contributed by atoms with Crippen LogP contribution in [0.5, 0.6) is 0 Å². The normalized spacial score (nSPS) is 22.9. The summed E-state index contributed by atoms with van der Waals surface area (Å²) in [5.41, 5.74) is -0.400. The fraction of sp³-hybridized carbons (Fsp3) is 1.00. The average Bonchev–Trinajstić information content (AvgIpc) is 2.14. The number of morpholine rings is 1. The Balaban J connectivity index is 2.84. The van der Waals surface area contributed by atoms with Crippen LogP contribution in [0, 0.1) is 0 Å². The summed E-state index contributed by atoms with van der Waals surface area (Å²) in [6.07, 6.45) is 0. The Bertz CT molecular complexity index is 338. The van der Waals surface area contributed by atoms with E-state index < -0.39 is 15.8 Å². The van der Waals surface area contributed by atoms with Crippen molar-refractivity contribution in [2.24, 2.45) is 0 Å². The van der Waals surface area contributed by atoms with Crippen LogP contribution < -0.4 is 0 Å². The molecule has 0 bridgehead atoms. The van der Waals surface area contributed by atoms with E-state index in [1.165, 1.54) is 8.61 Å². The van der Waals surface area contributed by atoms with Crippen LogP contribution in [-0.2, 0) is 14.9 Å². The minimum atomic E-state index is -3.35. The molecular formula is C10H22N2O3S. The van der Waals surface area contributed by atoms with Gasteiger partial charge in [-0.15, -0.1) is 0 Å². The van der Waals surface area contributed by atoms with Crippen molar-refractivity contribution in [2.75, 3.05) is 26.7 Å². The van der Waals surface area contributed by atoms with Crippen LogP contribution in [0.4, 0.5) is 0 Å². The lowest BCUT2D eigenvalue weighted by molar-refractivity contribution is -0.0652. The van der Waals surface area contributed by atoms with Crippen LogP contribution in [-0.4, -0.2) is 55.4 Å². The van der Waals surface area contributed by atoms with E-state index in [1.807, 2.05) is 27.7 Å². The minimum absolute atomic E-state index is 0.0315. The molecule has 0 aromatic heterocycles. The highest BCUT2D eigenvalue weighted by Gasteiger charge is 2.36. The quantitative estimate of drug-likeness (QED) is 0.740. The van der Waals surface area contributed by atoms with Gasteiger partial charge in [0, 0.05) is 26.2 Å². The van der Waals surface area contributed by atoms with Crippen molar-refractivity contribution < 1.29 is 13.2 Å². The highest BCUT2D eigenvalue weighted by atomic mass is 32.2. The molecule has 16 heavy (non-hydrogen) atoms. The topological polar surface area (TPSA) is 49.9 Å². The van der Waals surface area contributed by atoms with Crippen molar-refractivity contribution >= 4 is 10.2 Å². The van der Waals surface area contributed by atoms with Gasteiger partial charge in [-0.2, -0.15) is 17.0 Å². The molecule has 96 valence electrons. The predicted octanol–water partition coefficient (Wildman–Crippen LogP) is 0.682. The summed E-state index contributed by atoms with van der Waals surface area (Å²) in [6.45, 7) is 8.84. The zero-order chi connectivity index (χ0) is 12.6. The average molecular weight is 250 g/mol. The van der Waals surface area contributed by atoms with Gasteiger partial charge in [0.05, 0.1) is 12.2 Å². The molecule has 0 amide bonds. The Morgan fingerprint density at radius 3 is 2.38 bits per heavy atom. The molecule has 0 aliphatic carbocycles. The van der Waals surface area contributed by atoms with Crippen molar-refractivity contribution in [1.29, 1.82) is 0 Å². The number of hydrogen-bond donors (Lipinski definition) is 0. The summed E-state index contributed by atoms with van der Waals surface area (Å²) in [7, 11) is -1.73. The van der Waals surface area contributed by atoms with E-state index in [-0.39, 0.29) is 6.04 Å². The van der Waals surface area contributed by atoms with Crippen LogP contribution in [0.1, 0.15) is 27.7 Å². The van der Waals surface area contributed by atoms with Gasteiger partial charge in [0.1, 0.15) is 0 Å². The van der Waals surface area contributed by atoms with E-state index in [1.54, 1.807) is 7.05 Å². The predicted molar refractivity (Wildman–Crippen MR) is 63.4 cm³/mol. The maximum absolute atomic E-state index is 12.2. The fourth-order valence-electron chi connectivity index (χ4n) is 1.62. The monoisotopic (exact) mass is 250 g/mol. The van der Waals surface area contributed by atoms with Crippen molar-refractivity contribution in [3.05, 3.63) is 0 Å². The van der Waals surface area contributed by atoms with Gasteiger partial charge in [0.25, 0.3) is 10.2 Å². The summed E-state index contributed by atoms with van der Waals surface area (Å²) in [4.78, 5) is 0. The van der Waals surface area contributed by atoms with Gasteiger partial charge in [0.15, 0.2) is 0 Å². The lowest BCUT2D eigenvalue weighted by atomic mass is 10.1. The third kappa shape index (κ3) is 2.94. The molecule has 6 heteroatoms. The second-order valence-electron chi connectivity index (χ2n) is 5.06. The van der Waals surface area contributed by atoms with E-state index in [4.69, 9.17) is 4.74 Å². The first kappa shape index (κ1) is 13.9. The minimum Gasteiger partial charge on any atom is -0.373 e. The maximum Gasteiger partial charge on any atom is 0.282 e. The summed E-state index contributed by atoms with van der Waals surface area (Å²) in [6, 6.07) is -0.0315. The summed E-state index contributed by atoms with van der Waals surface area (Å²) in [5, 5.41) is 0. The molecule has 1 rings (SSSR count). The summed E-state index contributed by atoms with van der Waals surface area (Å²) in [5.74, 6) is 0. The molecular weight excluding hydrogens is 228 g/mol. The summed E-state index contributed by atoms with van der Waals surface area (Å²) >= 11 is 0. The SMILES string of the molecule is CC(C)N(C)S(=O)(=O)N1CCOC(C)(C)C1. The van der Waals surface area contributed by atoms with Crippen molar-refractivity contribution in [3.8, 4) is 0 Å². The first-order chi connectivity index (χ1) is 7.17. The molecule has 1 fully saturated rings. The molecule has 0 atom stereocenters. The second-order valence-corrected chi connectivity index (χ2v) is 7.05. The molecule has 1 saturated heterocycles. The Labute approximate surface area is 98.5 Å². The smallest absolute Gasteiger partial charge is 0.282 e. The van der Waals surface area contributed by atoms with Gasteiger partial charge < -0.3 is 4.74 Å². The van der Waals surface area contributed by atoms with Crippen LogP contribution in [0.25, 0.3) is 0 Å². The molecule has 0 aromatic rings. The van der Waals surface area contributed by atoms with E-state index >= 15 is 0 Å². The van der Waals surface area contributed by atoms with E-state index in [2.05, 4.69) is 0 Å². The molecule has 0 saturated carbocycles. The number of rotatable bonds is 3. The standard InChI is InChI=1S/C10H22N2O3S/c1-9(2)11(5)16(13,14)12-6-7-15-10(3,4)8-12/h9H,6-8H2,1-5H3. The van der Waals surface area contributed by atoms with Crippen molar-refractivity contribution in [1.82, 2.24) is 8.61 Å². The lowest BCUT2D eigenvalue weighted by Crippen LogP contribution is -2.54. The second kappa shape index (κ2) is 4.60. The zero-order valence-electron chi connectivity index (χ0n) is 10.7. The van der Waals surface area contributed by atoms with Gasteiger partial charge in [-0.1, -0.05) is 0 Å². The molecule has 1 aliphatic heterocycles. The Morgan fingerprint density at radius 1 is 1.38 bits per heavy atom.